The quantitative estimate of drug-likeness (QED) is 0.756. The van der Waals surface area contributed by atoms with Gasteiger partial charge in [0.1, 0.15) is 11.4 Å². The first-order valence-corrected chi connectivity index (χ1v) is 5.30. The van der Waals surface area contributed by atoms with Gasteiger partial charge in [0.05, 0.1) is 6.04 Å². The molecule has 1 atom stereocenters. The number of thiazole rings is 1. The number of rotatable bonds is 4. The third-order valence-electron chi connectivity index (χ3n) is 1.70. The van der Waals surface area contributed by atoms with Gasteiger partial charge in [-0.05, 0) is 13.8 Å². The molecule has 0 saturated carbocycles. The monoisotopic (exact) mass is 228 g/mol. The van der Waals surface area contributed by atoms with Crippen LogP contribution >= 0.6 is 11.3 Å². The first-order valence-electron chi connectivity index (χ1n) is 4.42. The Hall–Kier alpha value is -1.43. The summed E-state index contributed by atoms with van der Waals surface area (Å²) < 4.78 is 0. The van der Waals surface area contributed by atoms with Gasteiger partial charge in [-0.3, -0.25) is 9.59 Å². The van der Waals surface area contributed by atoms with Crippen LogP contribution in [-0.4, -0.2) is 22.0 Å². The molecule has 1 unspecified atom stereocenters. The molecule has 0 spiro atoms. The molecule has 0 aliphatic rings. The number of hydrogen-bond donors (Lipinski definition) is 2. The van der Waals surface area contributed by atoms with Crippen molar-refractivity contribution < 1.29 is 14.7 Å². The minimum atomic E-state index is -1.13. The van der Waals surface area contributed by atoms with Crippen molar-refractivity contribution in [1.82, 2.24) is 10.3 Å². The minimum absolute atomic E-state index is 0.240. The number of carboxylic acids is 1. The molecule has 1 rings (SSSR count). The number of aliphatic carboxylic acids is 1. The van der Waals surface area contributed by atoms with Crippen LogP contribution in [0, 0.1) is 6.92 Å². The fourth-order valence-corrected chi connectivity index (χ4v) is 1.87. The average Bonchev–Trinajstić information content (AvgIpc) is 2.49. The van der Waals surface area contributed by atoms with Gasteiger partial charge < -0.3 is 10.4 Å². The van der Waals surface area contributed by atoms with Gasteiger partial charge in [0.2, 0.25) is 5.91 Å². The summed E-state index contributed by atoms with van der Waals surface area (Å²) >= 11 is 1.45. The number of carboxylic acid groups (broad SMARTS) is 1. The second-order valence-corrected chi connectivity index (χ2v) is 4.08. The molecular formula is C9H12N2O3S. The fourth-order valence-electron chi connectivity index (χ4n) is 1.06. The third-order valence-corrected chi connectivity index (χ3v) is 2.84. The van der Waals surface area contributed by atoms with E-state index in [1.54, 1.807) is 6.92 Å². The second kappa shape index (κ2) is 4.88. The Kier molecular flexibility index (Phi) is 3.79. The summed E-state index contributed by atoms with van der Waals surface area (Å²) in [5.41, 5.74) is 0.898. The van der Waals surface area contributed by atoms with Crippen molar-refractivity contribution in [3.63, 3.8) is 0 Å². The largest absolute Gasteiger partial charge is 0.481 e. The summed E-state index contributed by atoms with van der Waals surface area (Å²) in [5.74, 6) is -1.63. The molecule has 0 aliphatic heterocycles. The molecule has 0 aliphatic carbocycles. The molecule has 5 nitrogen and oxygen atoms in total. The predicted octanol–water partition coefficient (Wildman–Crippen LogP) is 1.10. The van der Waals surface area contributed by atoms with Gasteiger partial charge in [0, 0.05) is 11.1 Å². The van der Waals surface area contributed by atoms with E-state index in [1.807, 2.05) is 12.3 Å². The molecule has 1 amide bonds. The zero-order valence-electron chi connectivity index (χ0n) is 8.48. The highest BCUT2D eigenvalue weighted by atomic mass is 32.1. The number of nitrogens with one attached hydrogen (secondary N) is 1. The molecular weight excluding hydrogens is 216 g/mol. The SMILES string of the molecule is Cc1csc(C(C)NC(=O)CC(=O)O)n1. The van der Waals surface area contributed by atoms with E-state index in [0.29, 0.717) is 0 Å². The summed E-state index contributed by atoms with van der Waals surface area (Å²) in [6, 6.07) is -0.240. The van der Waals surface area contributed by atoms with Crippen LogP contribution in [0.5, 0.6) is 0 Å². The molecule has 82 valence electrons. The van der Waals surface area contributed by atoms with Crippen molar-refractivity contribution in [2.45, 2.75) is 26.3 Å². The number of aromatic nitrogens is 1. The van der Waals surface area contributed by atoms with E-state index in [9.17, 15) is 9.59 Å². The highest BCUT2D eigenvalue weighted by Crippen LogP contribution is 2.17. The van der Waals surface area contributed by atoms with Gasteiger partial charge in [-0.15, -0.1) is 11.3 Å². The summed E-state index contributed by atoms with van der Waals surface area (Å²) in [7, 11) is 0. The number of aryl methyl sites for hydroxylation is 1. The number of carbonyl (C=O) groups excluding carboxylic acids is 1. The summed E-state index contributed by atoms with van der Waals surface area (Å²) in [6.07, 6.45) is -0.505. The smallest absolute Gasteiger partial charge is 0.312 e. The Balaban J connectivity index is 2.52. The zero-order valence-corrected chi connectivity index (χ0v) is 9.30. The Bertz CT molecular complexity index is 375. The van der Waals surface area contributed by atoms with Crippen LogP contribution in [-0.2, 0) is 9.59 Å². The van der Waals surface area contributed by atoms with Crippen molar-refractivity contribution in [3.8, 4) is 0 Å². The molecule has 2 N–H and O–H groups in total. The fraction of sp³-hybridized carbons (Fsp3) is 0.444. The van der Waals surface area contributed by atoms with Crippen LogP contribution < -0.4 is 5.32 Å². The van der Waals surface area contributed by atoms with E-state index >= 15 is 0 Å². The van der Waals surface area contributed by atoms with E-state index in [2.05, 4.69) is 10.3 Å². The highest BCUT2D eigenvalue weighted by molar-refractivity contribution is 7.09. The molecule has 1 aromatic rings. The average molecular weight is 228 g/mol. The summed E-state index contributed by atoms with van der Waals surface area (Å²) in [6.45, 7) is 3.64. The van der Waals surface area contributed by atoms with Gasteiger partial charge in [0.25, 0.3) is 0 Å². The molecule has 1 heterocycles. The minimum Gasteiger partial charge on any atom is -0.481 e. The molecule has 0 bridgehead atoms. The second-order valence-electron chi connectivity index (χ2n) is 3.19. The Morgan fingerprint density at radius 3 is 2.80 bits per heavy atom. The Labute approximate surface area is 91.1 Å². The highest BCUT2D eigenvalue weighted by Gasteiger charge is 2.14. The molecule has 6 heteroatoms. The van der Waals surface area contributed by atoms with E-state index in [-0.39, 0.29) is 6.04 Å². The summed E-state index contributed by atoms with van der Waals surface area (Å²) in [5, 5.41) is 13.6. The van der Waals surface area contributed by atoms with Gasteiger partial charge >= 0.3 is 5.97 Å². The number of amides is 1. The standard InChI is InChI=1S/C9H12N2O3S/c1-5-4-15-9(10-5)6(2)11-7(12)3-8(13)14/h4,6H,3H2,1-2H3,(H,11,12)(H,13,14). The van der Waals surface area contributed by atoms with Crippen molar-refractivity contribution in [1.29, 1.82) is 0 Å². The van der Waals surface area contributed by atoms with Crippen LogP contribution in [0.15, 0.2) is 5.38 Å². The summed E-state index contributed by atoms with van der Waals surface area (Å²) in [4.78, 5) is 25.6. The molecule has 0 fully saturated rings. The van der Waals surface area contributed by atoms with Crippen molar-refractivity contribution in [2.24, 2.45) is 0 Å². The molecule has 15 heavy (non-hydrogen) atoms. The van der Waals surface area contributed by atoms with Crippen LogP contribution in [0.4, 0.5) is 0 Å². The lowest BCUT2D eigenvalue weighted by Crippen LogP contribution is -2.28. The molecule has 0 aromatic carbocycles. The molecule has 1 aromatic heterocycles. The van der Waals surface area contributed by atoms with E-state index in [4.69, 9.17) is 5.11 Å². The lowest BCUT2D eigenvalue weighted by atomic mass is 10.3. The van der Waals surface area contributed by atoms with E-state index < -0.39 is 18.3 Å². The Morgan fingerprint density at radius 1 is 1.67 bits per heavy atom. The maximum atomic E-state index is 11.1. The van der Waals surface area contributed by atoms with Crippen molar-refractivity contribution >= 4 is 23.2 Å². The van der Waals surface area contributed by atoms with Crippen LogP contribution in [0.25, 0.3) is 0 Å². The van der Waals surface area contributed by atoms with Crippen molar-refractivity contribution in [2.75, 3.05) is 0 Å². The number of carbonyl (C=O) groups is 2. The first kappa shape index (κ1) is 11.6. The normalized spacial score (nSPS) is 12.1. The van der Waals surface area contributed by atoms with Gasteiger partial charge in [-0.2, -0.15) is 0 Å². The van der Waals surface area contributed by atoms with E-state index in [1.165, 1.54) is 11.3 Å². The Morgan fingerprint density at radius 2 is 2.33 bits per heavy atom. The third kappa shape index (κ3) is 3.67. The van der Waals surface area contributed by atoms with Gasteiger partial charge in [0.15, 0.2) is 0 Å². The van der Waals surface area contributed by atoms with Gasteiger partial charge in [-0.25, -0.2) is 4.98 Å². The topological polar surface area (TPSA) is 79.3 Å². The zero-order chi connectivity index (χ0) is 11.4. The molecule has 0 saturated heterocycles. The van der Waals surface area contributed by atoms with Crippen LogP contribution in [0.1, 0.15) is 30.1 Å². The first-order chi connectivity index (χ1) is 6.99. The molecule has 0 radical (unpaired) electrons. The maximum Gasteiger partial charge on any atom is 0.312 e. The number of nitrogens with zero attached hydrogens (tertiary/aromatic N) is 1. The lowest BCUT2D eigenvalue weighted by Gasteiger charge is -2.09. The maximum absolute atomic E-state index is 11.1. The van der Waals surface area contributed by atoms with Crippen LogP contribution in [0.3, 0.4) is 0 Å². The number of hydrogen-bond acceptors (Lipinski definition) is 4. The van der Waals surface area contributed by atoms with Crippen LogP contribution in [0.2, 0.25) is 0 Å². The van der Waals surface area contributed by atoms with E-state index in [0.717, 1.165) is 10.7 Å². The van der Waals surface area contributed by atoms with Gasteiger partial charge in [-0.1, -0.05) is 0 Å². The van der Waals surface area contributed by atoms with Crippen molar-refractivity contribution in [3.05, 3.63) is 16.1 Å². The predicted molar refractivity (Wildman–Crippen MR) is 55.7 cm³/mol. The lowest BCUT2D eigenvalue weighted by molar-refractivity contribution is -0.140.